The highest BCUT2D eigenvalue weighted by atomic mass is 32.2. The van der Waals surface area contributed by atoms with Crippen LogP contribution in [0.4, 0.5) is 0 Å². The van der Waals surface area contributed by atoms with Crippen molar-refractivity contribution >= 4 is 23.6 Å². The summed E-state index contributed by atoms with van der Waals surface area (Å²) in [5.41, 5.74) is 2.03. The molecule has 0 saturated carbocycles. The Balaban J connectivity index is 2.17. The molecule has 4 nitrogen and oxygen atoms in total. The molecule has 5 heteroatoms. The first kappa shape index (κ1) is 14.9. The number of carboxylic acid groups (broad SMARTS) is 1. The van der Waals surface area contributed by atoms with E-state index in [1.165, 1.54) is 0 Å². The SMILES string of the molecule is CCC1SCC(C(=O)O)N1C(=O)Cc1ccccc1C. The number of nitrogens with zero attached hydrogens (tertiary/aromatic N) is 1. The molecule has 1 amide bonds. The Hall–Kier alpha value is -1.49. The third-order valence-corrected chi connectivity index (χ3v) is 5.07. The molecular weight excluding hydrogens is 274 g/mol. The van der Waals surface area contributed by atoms with Gasteiger partial charge >= 0.3 is 5.97 Å². The van der Waals surface area contributed by atoms with Crippen molar-refractivity contribution in [3.8, 4) is 0 Å². The number of aliphatic carboxylic acids is 1. The molecule has 0 radical (unpaired) electrons. The summed E-state index contributed by atoms with van der Waals surface area (Å²) in [5, 5.41) is 9.24. The van der Waals surface area contributed by atoms with Gasteiger partial charge in [0.2, 0.25) is 5.91 Å². The molecule has 1 aliphatic heterocycles. The minimum Gasteiger partial charge on any atom is -0.480 e. The van der Waals surface area contributed by atoms with Crippen molar-refractivity contribution in [2.45, 2.75) is 38.1 Å². The fourth-order valence-electron chi connectivity index (χ4n) is 2.47. The van der Waals surface area contributed by atoms with Gasteiger partial charge in [0.1, 0.15) is 6.04 Å². The summed E-state index contributed by atoms with van der Waals surface area (Å²) >= 11 is 1.55. The third kappa shape index (κ3) is 2.98. The molecule has 2 atom stereocenters. The summed E-state index contributed by atoms with van der Waals surface area (Å²) in [7, 11) is 0. The summed E-state index contributed by atoms with van der Waals surface area (Å²) in [6.07, 6.45) is 1.04. The Morgan fingerprint density at radius 1 is 1.40 bits per heavy atom. The number of aryl methyl sites for hydroxylation is 1. The van der Waals surface area contributed by atoms with Crippen molar-refractivity contribution in [2.75, 3.05) is 5.75 Å². The van der Waals surface area contributed by atoms with Crippen molar-refractivity contribution in [1.82, 2.24) is 4.90 Å². The summed E-state index contributed by atoms with van der Waals surface area (Å²) in [6.45, 7) is 3.95. The van der Waals surface area contributed by atoms with Crippen LogP contribution in [-0.2, 0) is 16.0 Å². The van der Waals surface area contributed by atoms with E-state index < -0.39 is 12.0 Å². The van der Waals surface area contributed by atoms with E-state index in [9.17, 15) is 14.7 Å². The van der Waals surface area contributed by atoms with Gasteiger partial charge in [0, 0.05) is 5.75 Å². The average Bonchev–Trinajstić information content (AvgIpc) is 2.85. The highest BCUT2D eigenvalue weighted by Crippen LogP contribution is 2.32. The van der Waals surface area contributed by atoms with E-state index in [2.05, 4.69) is 0 Å². The van der Waals surface area contributed by atoms with Crippen LogP contribution in [0.3, 0.4) is 0 Å². The average molecular weight is 293 g/mol. The Bertz CT molecular complexity index is 518. The second-order valence-corrected chi connectivity index (χ2v) is 6.17. The predicted molar refractivity (Wildman–Crippen MR) is 79.7 cm³/mol. The standard InChI is InChI=1S/C15H19NO3S/c1-3-14-16(12(9-20-14)15(18)19)13(17)8-11-7-5-4-6-10(11)2/h4-7,12,14H,3,8-9H2,1-2H3,(H,18,19). The maximum atomic E-state index is 12.5. The second-order valence-electron chi connectivity index (χ2n) is 4.95. The number of carboxylic acids is 1. The molecule has 1 heterocycles. The molecule has 1 saturated heterocycles. The number of thioether (sulfide) groups is 1. The lowest BCUT2D eigenvalue weighted by molar-refractivity contribution is -0.148. The van der Waals surface area contributed by atoms with Gasteiger partial charge < -0.3 is 10.0 Å². The number of amides is 1. The van der Waals surface area contributed by atoms with Crippen molar-refractivity contribution in [3.63, 3.8) is 0 Å². The lowest BCUT2D eigenvalue weighted by Crippen LogP contribution is -2.46. The van der Waals surface area contributed by atoms with Gasteiger partial charge in [-0.3, -0.25) is 4.79 Å². The smallest absolute Gasteiger partial charge is 0.327 e. The molecular formula is C15H19NO3S. The molecule has 0 bridgehead atoms. The zero-order valence-corrected chi connectivity index (χ0v) is 12.5. The molecule has 1 aliphatic rings. The number of hydrogen-bond acceptors (Lipinski definition) is 3. The third-order valence-electron chi connectivity index (χ3n) is 3.62. The van der Waals surface area contributed by atoms with E-state index in [-0.39, 0.29) is 17.7 Å². The van der Waals surface area contributed by atoms with E-state index in [1.807, 2.05) is 38.1 Å². The van der Waals surface area contributed by atoms with Gasteiger partial charge in [0.05, 0.1) is 11.8 Å². The van der Waals surface area contributed by atoms with Gasteiger partial charge in [-0.25, -0.2) is 4.79 Å². The Kier molecular flexibility index (Phi) is 4.70. The Labute approximate surface area is 123 Å². The molecule has 0 aromatic heterocycles. The quantitative estimate of drug-likeness (QED) is 0.925. The molecule has 20 heavy (non-hydrogen) atoms. The molecule has 0 spiro atoms. The lowest BCUT2D eigenvalue weighted by Gasteiger charge is -2.27. The number of carbonyl (C=O) groups excluding carboxylic acids is 1. The van der Waals surface area contributed by atoms with E-state index in [0.29, 0.717) is 5.75 Å². The van der Waals surface area contributed by atoms with Crippen LogP contribution in [0.2, 0.25) is 0 Å². The fourth-order valence-corrected chi connectivity index (χ4v) is 3.83. The number of carbonyl (C=O) groups is 2. The molecule has 2 unspecified atom stereocenters. The van der Waals surface area contributed by atoms with Gasteiger partial charge in [-0.2, -0.15) is 0 Å². The molecule has 1 fully saturated rings. The van der Waals surface area contributed by atoms with Crippen LogP contribution in [0, 0.1) is 6.92 Å². The van der Waals surface area contributed by atoms with Crippen molar-refractivity contribution in [2.24, 2.45) is 0 Å². The van der Waals surface area contributed by atoms with Crippen molar-refractivity contribution in [3.05, 3.63) is 35.4 Å². The van der Waals surface area contributed by atoms with Crippen LogP contribution in [0.25, 0.3) is 0 Å². The highest BCUT2D eigenvalue weighted by Gasteiger charge is 2.40. The van der Waals surface area contributed by atoms with Crippen molar-refractivity contribution < 1.29 is 14.7 Å². The predicted octanol–water partition coefficient (Wildman–Crippen LogP) is 2.30. The van der Waals surface area contributed by atoms with Crippen molar-refractivity contribution in [1.29, 1.82) is 0 Å². The van der Waals surface area contributed by atoms with Crippen LogP contribution in [0.1, 0.15) is 24.5 Å². The maximum absolute atomic E-state index is 12.5. The van der Waals surface area contributed by atoms with Gasteiger partial charge in [0.15, 0.2) is 0 Å². The zero-order chi connectivity index (χ0) is 14.7. The number of hydrogen-bond donors (Lipinski definition) is 1. The second kappa shape index (κ2) is 6.31. The minimum atomic E-state index is -0.911. The highest BCUT2D eigenvalue weighted by molar-refractivity contribution is 8.00. The maximum Gasteiger partial charge on any atom is 0.327 e. The Morgan fingerprint density at radius 2 is 2.10 bits per heavy atom. The van der Waals surface area contributed by atoms with E-state index in [1.54, 1.807) is 16.7 Å². The largest absolute Gasteiger partial charge is 0.480 e. The van der Waals surface area contributed by atoms with E-state index >= 15 is 0 Å². The summed E-state index contributed by atoms with van der Waals surface area (Å²) in [5.74, 6) is -0.525. The topological polar surface area (TPSA) is 57.6 Å². The Morgan fingerprint density at radius 3 is 2.70 bits per heavy atom. The van der Waals surface area contributed by atoms with E-state index in [4.69, 9.17) is 0 Å². The first-order chi connectivity index (χ1) is 9.54. The lowest BCUT2D eigenvalue weighted by atomic mass is 10.0. The molecule has 108 valence electrons. The normalized spacial score (nSPS) is 22.0. The summed E-state index contributed by atoms with van der Waals surface area (Å²) in [4.78, 5) is 25.3. The van der Waals surface area contributed by atoms with Crippen LogP contribution in [-0.4, -0.2) is 39.1 Å². The molecule has 2 rings (SSSR count). The van der Waals surface area contributed by atoms with Crippen LogP contribution in [0.5, 0.6) is 0 Å². The van der Waals surface area contributed by atoms with Crippen LogP contribution in [0.15, 0.2) is 24.3 Å². The summed E-state index contributed by atoms with van der Waals surface area (Å²) < 4.78 is 0. The van der Waals surface area contributed by atoms with Gasteiger partial charge in [-0.05, 0) is 24.5 Å². The van der Waals surface area contributed by atoms with Crippen LogP contribution < -0.4 is 0 Å². The molecule has 1 aromatic carbocycles. The number of benzene rings is 1. The molecule has 0 aliphatic carbocycles. The molecule has 1 aromatic rings. The fraction of sp³-hybridized carbons (Fsp3) is 0.467. The van der Waals surface area contributed by atoms with Gasteiger partial charge in [-0.1, -0.05) is 31.2 Å². The zero-order valence-electron chi connectivity index (χ0n) is 11.7. The first-order valence-corrected chi connectivity index (χ1v) is 7.79. The van der Waals surface area contributed by atoms with Crippen LogP contribution >= 0.6 is 11.8 Å². The van der Waals surface area contributed by atoms with Gasteiger partial charge in [0.25, 0.3) is 0 Å². The number of rotatable bonds is 4. The monoisotopic (exact) mass is 293 g/mol. The minimum absolute atomic E-state index is 0.0207. The first-order valence-electron chi connectivity index (χ1n) is 6.74. The van der Waals surface area contributed by atoms with Gasteiger partial charge in [-0.15, -0.1) is 11.8 Å². The molecule has 1 N–H and O–H groups in total. The van der Waals surface area contributed by atoms with E-state index in [0.717, 1.165) is 17.5 Å². The summed E-state index contributed by atoms with van der Waals surface area (Å²) in [6, 6.07) is 7.03.